The lowest BCUT2D eigenvalue weighted by atomic mass is 9.93. The molecule has 0 unspecified atom stereocenters. The van der Waals surface area contributed by atoms with Crippen LogP contribution in [0.15, 0.2) is 56.8 Å². The van der Waals surface area contributed by atoms with Gasteiger partial charge in [0.1, 0.15) is 12.3 Å². The molecule has 0 fully saturated rings. The first kappa shape index (κ1) is 24.1. The molecule has 0 saturated carbocycles. The molecule has 3 heterocycles. The van der Waals surface area contributed by atoms with Gasteiger partial charge in [-0.3, -0.25) is 14.2 Å². The van der Waals surface area contributed by atoms with Gasteiger partial charge in [-0.25, -0.2) is 14.3 Å². The van der Waals surface area contributed by atoms with Crippen molar-refractivity contribution in [3.05, 3.63) is 74.9 Å². The third kappa shape index (κ3) is 5.09. The highest BCUT2D eigenvalue weighted by molar-refractivity contribution is 5.89. The van der Waals surface area contributed by atoms with E-state index in [1.165, 1.54) is 10.9 Å². The summed E-state index contributed by atoms with van der Waals surface area (Å²) in [5.74, 6) is 0.231. The van der Waals surface area contributed by atoms with E-state index in [9.17, 15) is 14.4 Å². The van der Waals surface area contributed by atoms with Gasteiger partial charge in [-0.05, 0) is 5.56 Å². The van der Waals surface area contributed by atoms with Crippen LogP contribution in [0, 0.1) is 0 Å². The Hall–Kier alpha value is -3.99. The highest BCUT2D eigenvalue weighted by Gasteiger charge is 2.22. The van der Waals surface area contributed by atoms with Gasteiger partial charge in [0.2, 0.25) is 5.91 Å². The Kier molecular flexibility index (Phi) is 6.70. The lowest BCUT2D eigenvalue weighted by molar-refractivity contribution is -0.116. The fourth-order valence-electron chi connectivity index (χ4n) is 3.66. The van der Waals surface area contributed by atoms with E-state index < -0.39 is 23.7 Å². The molecule has 1 N–H and O–H groups in total. The van der Waals surface area contributed by atoms with Crippen LogP contribution in [-0.2, 0) is 34.6 Å². The molecule has 11 nitrogen and oxygen atoms in total. The van der Waals surface area contributed by atoms with Crippen LogP contribution in [-0.4, -0.2) is 43.5 Å². The molecule has 11 heteroatoms. The molecule has 0 radical (unpaired) electrons. The van der Waals surface area contributed by atoms with Crippen LogP contribution in [0.25, 0.3) is 11.2 Å². The minimum atomic E-state index is -0.631. The molecular formula is C24H28N6O5. The monoisotopic (exact) mass is 480 g/mol. The molecule has 0 saturated heterocycles. The molecule has 4 aromatic rings. The number of fused-ring (bicyclic) bond motifs is 1. The number of nitrogens with zero attached hydrogens (tertiary/aromatic N) is 5. The van der Waals surface area contributed by atoms with E-state index in [1.807, 2.05) is 51.1 Å². The zero-order chi connectivity index (χ0) is 25.2. The maximum atomic E-state index is 13.4. The maximum Gasteiger partial charge on any atom is 0.333 e. The second kappa shape index (κ2) is 9.71. The van der Waals surface area contributed by atoms with Gasteiger partial charge in [-0.2, -0.15) is 0 Å². The Morgan fingerprint density at radius 2 is 1.89 bits per heavy atom. The Morgan fingerprint density at radius 1 is 1.14 bits per heavy atom. The minimum absolute atomic E-state index is 0.192. The predicted octanol–water partition coefficient (Wildman–Crippen LogP) is 1.98. The molecule has 3 aromatic heterocycles. The standard InChI is InChI=1S/C24H28N6O5/c1-24(2,3)17-12-18(27-35-17)26-19(31)14-30-22(32)20-21(25-15-28(20)10-11-34-4)29(23(30)33)13-16-8-6-5-7-9-16/h5-9,12,15H,10-11,13-14H2,1-4H3,(H,26,27,31). The smallest absolute Gasteiger partial charge is 0.333 e. The number of amides is 1. The molecule has 0 atom stereocenters. The Bertz CT molecular complexity index is 1460. The average Bonchev–Trinajstić information content (AvgIpc) is 3.46. The SMILES string of the molecule is COCCn1cnc2c1c(=O)n(CC(=O)Nc1cc(C(C)(C)C)on1)c(=O)n2Cc1ccccc1. The number of nitrogens with one attached hydrogen (secondary N) is 1. The van der Waals surface area contributed by atoms with Crippen molar-refractivity contribution in [2.45, 2.75) is 45.8 Å². The number of ether oxygens (including phenoxy) is 1. The molecule has 0 aliphatic carbocycles. The van der Waals surface area contributed by atoms with Gasteiger partial charge in [0, 0.05) is 25.1 Å². The molecule has 184 valence electrons. The van der Waals surface area contributed by atoms with E-state index in [1.54, 1.807) is 17.7 Å². The van der Waals surface area contributed by atoms with Gasteiger partial charge in [0.15, 0.2) is 17.0 Å². The summed E-state index contributed by atoms with van der Waals surface area (Å²) in [6.45, 7) is 6.28. The van der Waals surface area contributed by atoms with Crippen molar-refractivity contribution in [3.63, 3.8) is 0 Å². The largest absolute Gasteiger partial charge is 0.383 e. The van der Waals surface area contributed by atoms with Crippen LogP contribution in [0.1, 0.15) is 32.1 Å². The summed E-state index contributed by atoms with van der Waals surface area (Å²) in [7, 11) is 1.56. The number of benzene rings is 1. The first-order valence-electron chi connectivity index (χ1n) is 11.2. The molecule has 0 bridgehead atoms. The van der Waals surface area contributed by atoms with Crippen LogP contribution in [0.4, 0.5) is 5.82 Å². The number of rotatable bonds is 8. The summed E-state index contributed by atoms with van der Waals surface area (Å²) >= 11 is 0. The van der Waals surface area contributed by atoms with Crippen molar-refractivity contribution >= 4 is 22.9 Å². The third-order valence-electron chi connectivity index (χ3n) is 5.52. The Morgan fingerprint density at radius 3 is 2.54 bits per heavy atom. The second-order valence-electron chi connectivity index (χ2n) is 9.22. The zero-order valence-corrected chi connectivity index (χ0v) is 20.1. The number of hydrogen-bond donors (Lipinski definition) is 1. The quantitative estimate of drug-likeness (QED) is 0.409. The van der Waals surface area contributed by atoms with E-state index in [-0.39, 0.29) is 28.9 Å². The lowest BCUT2D eigenvalue weighted by Gasteiger charge is -2.13. The van der Waals surface area contributed by atoms with Gasteiger partial charge in [-0.1, -0.05) is 56.3 Å². The molecule has 0 spiro atoms. The van der Waals surface area contributed by atoms with Crippen LogP contribution in [0.5, 0.6) is 0 Å². The Balaban J connectivity index is 1.73. The summed E-state index contributed by atoms with van der Waals surface area (Å²) in [5.41, 5.74) is -0.189. The highest BCUT2D eigenvalue weighted by atomic mass is 16.5. The summed E-state index contributed by atoms with van der Waals surface area (Å²) in [5, 5.41) is 6.47. The van der Waals surface area contributed by atoms with Crippen LogP contribution >= 0.6 is 0 Å². The Labute approximate surface area is 200 Å². The van der Waals surface area contributed by atoms with Crippen molar-refractivity contribution < 1.29 is 14.1 Å². The van der Waals surface area contributed by atoms with Crippen molar-refractivity contribution in [1.82, 2.24) is 23.8 Å². The van der Waals surface area contributed by atoms with Crippen LogP contribution in [0.3, 0.4) is 0 Å². The van der Waals surface area contributed by atoms with Gasteiger partial charge in [0.05, 0.1) is 19.5 Å². The molecular weight excluding hydrogens is 452 g/mol. The molecule has 35 heavy (non-hydrogen) atoms. The number of imidazole rings is 1. The van der Waals surface area contributed by atoms with Gasteiger partial charge in [-0.15, -0.1) is 0 Å². The van der Waals surface area contributed by atoms with Gasteiger partial charge < -0.3 is 19.1 Å². The number of carbonyl (C=O) groups excluding carboxylic acids is 1. The fraction of sp³-hybridized carbons (Fsp3) is 0.375. The van der Waals surface area contributed by atoms with Gasteiger partial charge in [0.25, 0.3) is 5.56 Å². The highest BCUT2D eigenvalue weighted by Crippen LogP contribution is 2.24. The summed E-state index contributed by atoms with van der Waals surface area (Å²) < 4.78 is 14.4. The van der Waals surface area contributed by atoms with Crippen LogP contribution in [0.2, 0.25) is 0 Å². The molecule has 0 aliphatic rings. The molecule has 4 rings (SSSR count). The zero-order valence-electron chi connectivity index (χ0n) is 20.1. The first-order chi connectivity index (χ1) is 16.7. The summed E-state index contributed by atoms with van der Waals surface area (Å²) in [4.78, 5) is 43.9. The van der Waals surface area contributed by atoms with Crippen molar-refractivity contribution in [3.8, 4) is 0 Å². The number of anilines is 1. The fourth-order valence-corrected chi connectivity index (χ4v) is 3.66. The first-order valence-corrected chi connectivity index (χ1v) is 11.2. The lowest BCUT2D eigenvalue weighted by Crippen LogP contribution is -2.43. The third-order valence-corrected chi connectivity index (χ3v) is 5.52. The number of methoxy groups -OCH3 is 1. The number of aromatic nitrogens is 5. The second-order valence-corrected chi connectivity index (χ2v) is 9.22. The predicted molar refractivity (Wildman–Crippen MR) is 130 cm³/mol. The maximum absolute atomic E-state index is 13.4. The molecule has 1 aromatic carbocycles. The van der Waals surface area contributed by atoms with E-state index >= 15 is 0 Å². The van der Waals surface area contributed by atoms with Crippen LogP contribution < -0.4 is 16.6 Å². The topological polar surface area (TPSA) is 126 Å². The number of carbonyl (C=O) groups is 1. The van der Waals surface area contributed by atoms with Crippen molar-refractivity contribution in [2.75, 3.05) is 19.0 Å². The van der Waals surface area contributed by atoms with Gasteiger partial charge >= 0.3 is 5.69 Å². The molecule has 0 aliphatic heterocycles. The van der Waals surface area contributed by atoms with E-state index in [4.69, 9.17) is 9.26 Å². The van der Waals surface area contributed by atoms with E-state index in [0.717, 1.165) is 10.1 Å². The minimum Gasteiger partial charge on any atom is -0.383 e. The van der Waals surface area contributed by atoms with Crippen molar-refractivity contribution in [2.24, 2.45) is 0 Å². The van der Waals surface area contributed by atoms with E-state index in [2.05, 4.69) is 15.5 Å². The number of hydrogen-bond acceptors (Lipinski definition) is 7. The van der Waals surface area contributed by atoms with E-state index in [0.29, 0.717) is 18.9 Å². The summed E-state index contributed by atoms with van der Waals surface area (Å²) in [6.07, 6.45) is 1.50. The normalized spacial score (nSPS) is 11.8. The summed E-state index contributed by atoms with van der Waals surface area (Å²) in [6, 6.07) is 11.0. The van der Waals surface area contributed by atoms with Crippen molar-refractivity contribution in [1.29, 1.82) is 0 Å². The average molecular weight is 481 g/mol. The molecule has 1 amide bonds.